The molecule has 1 saturated heterocycles. The van der Waals surface area contributed by atoms with Gasteiger partial charge >= 0.3 is 5.97 Å². The van der Waals surface area contributed by atoms with Crippen LogP contribution >= 0.6 is 11.6 Å². The maximum absolute atomic E-state index is 13.6. The van der Waals surface area contributed by atoms with Gasteiger partial charge in [0.25, 0.3) is 5.56 Å². The molecule has 1 aliphatic heterocycles. The molecule has 2 aromatic carbocycles. The molecule has 1 fully saturated rings. The highest BCUT2D eigenvalue weighted by molar-refractivity contribution is 6.31. The predicted octanol–water partition coefficient (Wildman–Crippen LogP) is 3.52. The van der Waals surface area contributed by atoms with E-state index in [0.29, 0.717) is 16.5 Å². The fourth-order valence-electron chi connectivity index (χ4n) is 4.15. The molecule has 1 aromatic heterocycles. The molecule has 7 nitrogen and oxygen atoms in total. The SMILES string of the molecule is CC1(C)CNCCCN1c1ccc2nc(-c3ccc(F)c(Cl)c3)n(CC(=O)O)c(=O)c2c1. The smallest absolute Gasteiger partial charge is 0.323 e. The summed E-state index contributed by atoms with van der Waals surface area (Å²) in [7, 11) is 0. The van der Waals surface area contributed by atoms with E-state index in [4.69, 9.17) is 11.6 Å². The monoisotopic (exact) mass is 458 g/mol. The third-order valence-corrected chi connectivity index (χ3v) is 6.03. The van der Waals surface area contributed by atoms with Crippen molar-refractivity contribution in [1.29, 1.82) is 0 Å². The van der Waals surface area contributed by atoms with E-state index in [9.17, 15) is 19.1 Å². The summed E-state index contributed by atoms with van der Waals surface area (Å²) in [5, 5.41) is 13.0. The van der Waals surface area contributed by atoms with Crippen molar-refractivity contribution in [3.63, 3.8) is 0 Å². The van der Waals surface area contributed by atoms with Gasteiger partial charge in [0.2, 0.25) is 0 Å². The number of carbonyl (C=O) groups is 1. The highest BCUT2D eigenvalue weighted by Crippen LogP contribution is 2.29. The van der Waals surface area contributed by atoms with Gasteiger partial charge in [0.05, 0.1) is 15.9 Å². The normalized spacial score (nSPS) is 16.2. The molecule has 0 amide bonds. The van der Waals surface area contributed by atoms with Crippen LogP contribution in [0.25, 0.3) is 22.3 Å². The number of rotatable bonds is 4. The largest absolute Gasteiger partial charge is 0.480 e. The number of fused-ring (bicyclic) bond motifs is 1. The Morgan fingerprint density at radius 1 is 1.28 bits per heavy atom. The maximum atomic E-state index is 13.6. The summed E-state index contributed by atoms with van der Waals surface area (Å²) in [5.74, 6) is -1.67. The Morgan fingerprint density at radius 3 is 2.78 bits per heavy atom. The number of benzene rings is 2. The number of aromatic nitrogens is 2. The van der Waals surface area contributed by atoms with Gasteiger partial charge < -0.3 is 15.3 Å². The van der Waals surface area contributed by atoms with Crippen LogP contribution in [0.4, 0.5) is 10.1 Å². The van der Waals surface area contributed by atoms with E-state index in [-0.39, 0.29) is 16.4 Å². The van der Waals surface area contributed by atoms with Crippen molar-refractivity contribution in [3.8, 4) is 11.4 Å². The van der Waals surface area contributed by atoms with Gasteiger partial charge in [0.15, 0.2) is 0 Å². The Morgan fingerprint density at radius 2 is 2.06 bits per heavy atom. The lowest BCUT2D eigenvalue weighted by atomic mass is 10.0. The van der Waals surface area contributed by atoms with Crippen molar-refractivity contribution in [2.45, 2.75) is 32.4 Å². The van der Waals surface area contributed by atoms with E-state index in [1.165, 1.54) is 12.1 Å². The fraction of sp³-hybridized carbons (Fsp3) is 0.348. The van der Waals surface area contributed by atoms with E-state index in [0.717, 1.165) is 42.4 Å². The summed E-state index contributed by atoms with van der Waals surface area (Å²) in [6.45, 7) is 6.25. The van der Waals surface area contributed by atoms with Gasteiger partial charge in [-0.3, -0.25) is 14.2 Å². The first-order valence-electron chi connectivity index (χ1n) is 10.4. The fourth-order valence-corrected chi connectivity index (χ4v) is 4.33. The Balaban J connectivity index is 1.90. The molecule has 0 bridgehead atoms. The highest BCUT2D eigenvalue weighted by atomic mass is 35.5. The van der Waals surface area contributed by atoms with Crippen LogP contribution in [0, 0.1) is 5.82 Å². The van der Waals surface area contributed by atoms with Crippen molar-refractivity contribution < 1.29 is 14.3 Å². The zero-order chi connectivity index (χ0) is 23.0. The van der Waals surface area contributed by atoms with Crippen LogP contribution in [0.3, 0.4) is 0 Å². The lowest BCUT2D eigenvalue weighted by Crippen LogP contribution is -2.48. The second kappa shape index (κ2) is 8.52. The van der Waals surface area contributed by atoms with Crippen LogP contribution in [0.5, 0.6) is 0 Å². The number of anilines is 1. The van der Waals surface area contributed by atoms with E-state index < -0.39 is 23.9 Å². The Bertz CT molecular complexity index is 1260. The van der Waals surface area contributed by atoms with Gasteiger partial charge in [-0.1, -0.05) is 11.6 Å². The van der Waals surface area contributed by atoms with E-state index in [1.807, 2.05) is 6.07 Å². The number of carboxylic acid groups (broad SMARTS) is 1. The molecule has 0 aliphatic carbocycles. The average Bonchev–Trinajstić information content (AvgIpc) is 2.91. The molecule has 168 valence electrons. The van der Waals surface area contributed by atoms with Crippen molar-refractivity contribution >= 4 is 34.2 Å². The van der Waals surface area contributed by atoms with E-state index in [2.05, 4.69) is 29.0 Å². The molecule has 9 heteroatoms. The summed E-state index contributed by atoms with van der Waals surface area (Å²) >= 11 is 5.91. The summed E-state index contributed by atoms with van der Waals surface area (Å²) in [4.78, 5) is 31.7. The molecule has 0 saturated carbocycles. The topological polar surface area (TPSA) is 87.5 Å². The molecule has 0 radical (unpaired) electrons. The van der Waals surface area contributed by atoms with Gasteiger partial charge in [0, 0.05) is 29.9 Å². The lowest BCUT2D eigenvalue weighted by molar-refractivity contribution is -0.137. The van der Waals surface area contributed by atoms with Gasteiger partial charge in [-0.15, -0.1) is 0 Å². The van der Waals surface area contributed by atoms with Crippen LogP contribution in [0.15, 0.2) is 41.2 Å². The van der Waals surface area contributed by atoms with Crippen LogP contribution in [0.1, 0.15) is 20.3 Å². The molecular formula is C23H24ClFN4O3. The molecule has 32 heavy (non-hydrogen) atoms. The summed E-state index contributed by atoms with van der Waals surface area (Å²) in [6, 6.07) is 9.39. The summed E-state index contributed by atoms with van der Waals surface area (Å²) in [5.41, 5.74) is 1.04. The molecule has 0 unspecified atom stereocenters. The van der Waals surface area contributed by atoms with Gasteiger partial charge in [-0.25, -0.2) is 9.37 Å². The highest BCUT2D eigenvalue weighted by Gasteiger charge is 2.29. The minimum Gasteiger partial charge on any atom is -0.480 e. The second-order valence-electron chi connectivity index (χ2n) is 8.55. The van der Waals surface area contributed by atoms with Gasteiger partial charge in [0.1, 0.15) is 18.2 Å². The number of halogens is 2. The van der Waals surface area contributed by atoms with Crippen molar-refractivity contribution in [2.24, 2.45) is 0 Å². The molecule has 0 spiro atoms. The number of nitrogens with zero attached hydrogens (tertiary/aromatic N) is 3. The molecule has 1 aliphatic rings. The number of hydrogen-bond donors (Lipinski definition) is 2. The van der Waals surface area contributed by atoms with Crippen molar-refractivity contribution in [3.05, 3.63) is 57.6 Å². The van der Waals surface area contributed by atoms with Gasteiger partial charge in [-0.2, -0.15) is 0 Å². The van der Waals surface area contributed by atoms with Crippen LogP contribution in [-0.2, 0) is 11.3 Å². The molecular weight excluding hydrogens is 435 g/mol. The minimum absolute atomic E-state index is 0.124. The van der Waals surface area contributed by atoms with Crippen LogP contribution < -0.4 is 15.8 Å². The summed E-state index contributed by atoms with van der Waals surface area (Å²) in [6.07, 6.45) is 0.966. The Labute approximate surface area is 189 Å². The van der Waals surface area contributed by atoms with Crippen LogP contribution in [0.2, 0.25) is 5.02 Å². The molecule has 4 rings (SSSR count). The number of aliphatic carboxylic acids is 1. The molecule has 3 aromatic rings. The lowest BCUT2D eigenvalue weighted by Gasteiger charge is -2.39. The first-order chi connectivity index (χ1) is 15.2. The second-order valence-corrected chi connectivity index (χ2v) is 8.95. The van der Waals surface area contributed by atoms with Crippen molar-refractivity contribution in [1.82, 2.24) is 14.9 Å². The third-order valence-electron chi connectivity index (χ3n) is 5.74. The Kier molecular flexibility index (Phi) is 5.92. The standard InChI is InChI=1S/C23H24ClFN4O3/c1-23(2)13-26-8-3-9-29(23)15-5-7-19-16(11-15)22(32)28(12-20(30)31)21(27-19)14-4-6-18(25)17(24)10-14/h4-7,10-11,26H,3,8-9,12-13H2,1-2H3,(H,30,31). The van der Waals surface area contributed by atoms with Crippen LogP contribution in [-0.4, -0.2) is 45.8 Å². The average molecular weight is 459 g/mol. The molecule has 0 atom stereocenters. The number of carboxylic acids is 1. The Hall–Kier alpha value is -2.97. The predicted molar refractivity (Wildman–Crippen MR) is 123 cm³/mol. The number of nitrogens with one attached hydrogen (secondary N) is 1. The quantitative estimate of drug-likeness (QED) is 0.622. The first-order valence-corrected chi connectivity index (χ1v) is 10.8. The molecule has 2 heterocycles. The van der Waals surface area contributed by atoms with E-state index in [1.54, 1.807) is 12.1 Å². The minimum atomic E-state index is -1.18. The van der Waals surface area contributed by atoms with E-state index >= 15 is 0 Å². The zero-order valence-corrected chi connectivity index (χ0v) is 18.6. The van der Waals surface area contributed by atoms with Crippen molar-refractivity contribution in [2.75, 3.05) is 24.5 Å². The summed E-state index contributed by atoms with van der Waals surface area (Å²) < 4.78 is 14.7. The zero-order valence-electron chi connectivity index (χ0n) is 17.9. The third kappa shape index (κ3) is 4.20. The first kappa shape index (κ1) is 22.2. The molecule has 2 N–H and O–H groups in total. The number of hydrogen-bond acceptors (Lipinski definition) is 5. The maximum Gasteiger partial charge on any atom is 0.323 e. The van der Waals surface area contributed by atoms with Gasteiger partial charge in [-0.05, 0) is 63.2 Å².